The van der Waals surface area contributed by atoms with Crippen LogP contribution in [-0.2, 0) is 6.54 Å². The van der Waals surface area contributed by atoms with E-state index in [9.17, 15) is 0 Å². The van der Waals surface area contributed by atoms with Gasteiger partial charge in [-0.15, -0.1) is 0 Å². The summed E-state index contributed by atoms with van der Waals surface area (Å²) in [6.45, 7) is 2.76. The van der Waals surface area contributed by atoms with Crippen molar-refractivity contribution in [1.82, 2.24) is 9.78 Å². The van der Waals surface area contributed by atoms with Gasteiger partial charge in [-0.3, -0.25) is 0 Å². The normalized spacial score (nSPS) is 10.8. The van der Waals surface area contributed by atoms with Crippen molar-refractivity contribution in [2.75, 3.05) is 5.73 Å². The summed E-state index contributed by atoms with van der Waals surface area (Å²) in [5.41, 5.74) is 10.5. The Morgan fingerprint density at radius 3 is 2.67 bits per heavy atom. The van der Waals surface area contributed by atoms with Crippen LogP contribution in [0.2, 0.25) is 0 Å². The van der Waals surface area contributed by atoms with E-state index in [-0.39, 0.29) is 0 Å². The molecule has 0 saturated carbocycles. The van der Waals surface area contributed by atoms with E-state index in [0.717, 1.165) is 15.7 Å². The Labute approximate surface area is 132 Å². The van der Waals surface area contributed by atoms with Crippen molar-refractivity contribution >= 4 is 21.7 Å². The summed E-state index contributed by atoms with van der Waals surface area (Å²) in [4.78, 5) is 0. The molecule has 2 N–H and O–H groups in total. The van der Waals surface area contributed by atoms with Crippen LogP contribution in [0.4, 0.5) is 5.82 Å². The minimum atomic E-state index is 0.669. The average Bonchev–Trinajstić information content (AvgIpc) is 2.80. The molecular weight excluding hydrogens is 326 g/mol. The Hall–Kier alpha value is -2.07. The van der Waals surface area contributed by atoms with Gasteiger partial charge in [0.1, 0.15) is 5.82 Å². The predicted octanol–water partition coefficient (Wildman–Crippen LogP) is 4.25. The zero-order valence-electron chi connectivity index (χ0n) is 11.8. The molecule has 0 aliphatic heterocycles. The summed E-state index contributed by atoms with van der Waals surface area (Å²) in [5.74, 6) is 0.669. The number of benzene rings is 2. The maximum atomic E-state index is 6.10. The van der Waals surface area contributed by atoms with E-state index in [2.05, 4.69) is 52.2 Å². The Bertz CT molecular complexity index is 777. The van der Waals surface area contributed by atoms with Gasteiger partial charge in [-0.2, -0.15) is 5.10 Å². The number of nitrogens with two attached hydrogens (primary N) is 1. The van der Waals surface area contributed by atoms with E-state index >= 15 is 0 Å². The first kappa shape index (κ1) is 13.9. The predicted molar refractivity (Wildman–Crippen MR) is 90.1 cm³/mol. The van der Waals surface area contributed by atoms with Crippen molar-refractivity contribution < 1.29 is 0 Å². The van der Waals surface area contributed by atoms with E-state index in [1.807, 2.05) is 35.0 Å². The first-order valence-electron chi connectivity index (χ1n) is 6.77. The monoisotopic (exact) mass is 341 g/mol. The van der Waals surface area contributed by atoms with Crippen LogP contribution in [-0.4, -0.2) is 9.78 Å². The number of hydrogen-bond donors (Lipinski definition) is 1. The van der Waals surface area contributed by atoms with Gasteiger partial charge in [0, 0.05) is 16.1 Å². The first-order valence-corrected chi connectivity index (χ1v) is 7.56. The number of nitrogen functional groups attached to an aromatic ring is 1. The number of nitrogens with zero attached hydrogens (tertiary/aromatic N) is 2. The molecule has 106 valence electrons. The van der Waals surface area contributed by atoms with Crippen LogP contribution in [0.3, 0.4) is 0 Å². The second-order valence-corrected chi connectivity index (χ2v) is 5.94. The number of aromatic nitrogens is 2. The topological polar surface area (TPSA) is 43.8 Å². The van der Waals surface area contributed by atoms with Gasteiger partial charge in [0.05, 0.1) is 12.2 Å². The molecule has 4 heteroatoms. The zero-order valence-corrected chi connectivity index (χ0v) is 13.3. The van der Waals surface area contributed by atoms with E-state index in [1.54, 1.807) is 0 Å². The fraction of sp³-hybridized carbons (Fsp3) is 0.118. The largest absolute Gasteiger partial charge is 0.384 e. The summed E-state index contributed by atoms with van der Waals surface area (Å²) in [5, 5.41) is 4.63. The lowest BCUT2D eigenvalue weighted by atomic mass is 10.1. The molecule has 0 saturated heterocycles. The molecule has 1 aromatic heterocycles. The van der Waals surface area contributed by atoms with Gasteiger partial charge < -0.3 is 5.73 Å². The lowest BCUT2D eigenvalue weighted by molar-refractivity contribution is 0.699. The van der Waals surface area contributed by atoms with E-state index in [1.165, 1.54) is 11.1 Å². The summed E-state index contributed by atoms with van der Waals surface area (Å²) < 4.78 is 2.86. The Morgan fingerprint density at radius 1 is 1.10 bits per heavy atom. The van der Waals surface area contributed by atoms with Crippen LogP contribution in [0.5, 0.6) is 0 Å². The molecule has 0 atom stereocenters. The van der Waals surface area contributed by atoms with Crippen LogP contribution in [0.1, 0.15) is 11.1 Å². The highest BCUT2D eigenvalue weighted by molar-refractivity contribution is 9.10. The molecule has 0 aliphatic rings. The van der Waals surface area contributed by atoms with Crippen molar-refractivity contribution in [3.8, 4) is 11.3 Å². The third kappa shape index (κ3) is 3.00. The van der Waals surface area contributed by atoms with Crippen molar-refractivity contribution in [2.24, 2.45) is 0 Å². The van der Waals surface area contributed by atoms with Crippen LogP contribution >= 0.6 is 15.9 Å². The summed E-state index contributed by atoms with van der Waals surface area (Å²) in [6, 6.07) is 18.3. The third-order valence-electron chi connectivity index (χ3n) is 3.38. The smallest absolute Gasteiger partial charge is 0.122 e. The highest BCUT2D eigenvalue weighted by Gasteiger charge is 2.10. The minimum absolute atomic E-state index is 0.669. The maximum absolute atomic E-state index is 6.10. The van der Waals surface area contributed by atoms with Crippen LogP contribution < -0.4 is 5.73 Å². The molecule has 3 nitrogen and oxygen atoms in total. The first-order chi connectivity index (χ1) is 10.1. The number of aryl methyl sites for hydroxylation is 1. The van der Waals surface area contributed by atoms with Gasteiger partial charge in [-0.05, 0) is 18.6 Å². The fourth-order valence-electron chi connectivity index (χ4n) is 2.34. The Balaban J connectivity index is 1.93. The number of anilines is 1. The molecule has 0 aliphatic carbocycles. The molecule has 21 heavy (non-hydrogen) atoms. The Kier molecular flexibility index (Phi) is 3.80. The Morgan fingerprint density at radius 2 is 1.90 bits per heavy atom. The molecule has 0 radical (unpaired) electrons. The molecule has 0 unspecified atom stereocenters. The van der Waals surface area contributed by atoms with Crippen molar-refractivity contribution in [3.63, 3.8) is 0 Å². The van der Waals surface area contributed by atoms with E-state index < -0.39 is 0 Å². The summed E-state index contributed by atoms with van der Waals surface area (Å²) in [6.07, 6.45) is 0. The van der Waals surface area contributed by atoms with Gasteiger partial charge in [0.25, 0.3) is 0 Å². The lowest BCUT2D eigenvalue weighted by Crippen LogP contribution is -2.05. The van der Waals surface area contributed by atoms with Gasteiger partial charge in [0.15, 0.2) is 0 Å². The van der Waals surface area contributed by atoms with Crippen molar-refractivity contribution in [3.05, 3.63) is 70.2 Å². The SMILES string of the molecule is Cc1cccc(Cn2nc(-c3ccccc3Br)cc2N)c1. The zero-order chi connectivity index (χ0) is 14.8. The molecule has 0 bridgehead atoms. The molecular formula is C17H16BrN3. The molecule has 2 aromatic carbocycles. The van der Waals surface area contributed by atoms with E-state index in [0.29, 0.717) is 12.4 Å². The second kappa shape index (κ2) is 5.74. The molecule has 3 rings (SSSR count). The van der Waals surface area contributed by atoms with Crippen LogP contribution in [0, 0.1) is 6.92 Å². The highest BCUT2D eigenvalue weighted by atomic mass is 79.9. The molecule has 0 fully saturated rings. The number of hydrogen-bond acceptors (Lipinski definition) is 2. The molecule has 1 heterocycles. The summed E-state index contributed by atoms with van der Waals surface area (Å²) >= 11 is 3.55. The maximum Gasteiger partial charge on any atom is 0.122 e. The van der Waals surface area contributed by atoms with Gasteiger partial charge in [0.2, 0.25) is 0 Å². The fourth-order valence-corrected chi connectivity index (χ4v) is 2.83. The molecule has 0 spiro atoms. The van der Waals surface area contributed by atoms with E-state index in [4.69, 9.17) is 5.73 Å². The minimum Gasteiger partial charge on any atom is -0.384 e. The quantitative estimate of drug-likeness (QED) is 0.773. The lowest BCUT2D eigenvalue weighted by Gasteiger charge is -2.05. The third-order valence-corrected chi connectivity index (χ3v) is 4.07. The number of rotatable bonds is 3. The standard InChI is InChI=1S/C17H16BrN3/c1-12-5-4-6-13(9-12)11-21-17(19)10-16(20-21)14-7-2-3-8-15(14)18/h2-10H,11,19H2,1H3. The van der Waals surface area contributed by atoms with Gasteiger partial charge in [-0.1, -0.05) is 64.0 Å². The summed E-state index contributed by atoms with van der Waals surface area (Å²) in [7, 11) is 0. The average molecular weight is 342 g/mol. The van der Waals surface area contributed by atoms with Crippen molar-refractivity contribution in [2.45, 2.75) is 13.5 Å². The van der Waals surface area contributed by atoms with Crippen molar-refractivity contribution in [1.29, 1.82) is 0 Å². The molecule has 0 amide bonds. The second-order valence-electron chi connectivity index (χ2n) is 5.08. The van der Waals surface area contributed by atoms with Gasteiger partial charge >= 0.3 is 0 Å². The van der Waals surface area contributed by atoms with Gasteiger partial charge in [-0.25, -0.2) is 4.68 Å². The highest BCUT2D eigenvalue weighted by Crippen LogP contribution is 2.28. The van der Waals surface area contributed by atoms with Crippen LogP contribution in [0.25, 0.3) is 11.3 Å². The number of halogens is 1. The molecule has 3 aromatic rings. The van der Waals surface area contributed by atoms with Crippen LogP contribution in [0.15, 0.2) is 59.1 Å².